The summed E-state index contributed by atoms with van der Waals surface area (Å²) in [5.74, 6) is -0.239. The molecule has 2 aromatic carbocycles. The molecule has 0 fully saturated rings. The number of benzene rings is 2. The van der Waals surface area contributed by atoms with Gasteiger partial charge < -0.3 is 5.73 Å². The van der Waals surface area contributed by atoms with Crippen molar-refractivity contribution in [2.75, 3.05) is 7.05 Å². The lowest BCUT2D eigenvalue weighted by molar-refractivity contribution is 0.318. The van der Waals surface area contributed by atoms with Gasteiger partial charge >= 0.3 is 0 Å². The Kier molecular flexibility index (Phi) is 5.45. The lowest BCUT2D eigenvalue weighted by Gasteiger charge is -2.18. The zero-order valence-electron chi connectivity index (χ0n) is 11.6. The first-order chi connectivity index (χ1) is 9.97. The number of nitrogens with zero attached hydrogens (tertiary/aromatic N) is 1. The Bertz CT molecular complexity index is 660. The highest BCUT2D eigenvalue weighted by Crippen LogP contribution is 2.22. The summed E-state index contributed by atoms with van der Waals surface area (Å²) in [5.41, 5.74) is 8.55. The normalized spacial score (nSPS) is 10.9. The summed E-state index contributed by atoms with van der Waals surface area (Å²) in [6.07, 6.45) is 0. The molecule has 21 heavy (non-hydrogen) atoms. The van der Waals surface area contributed by atoms with Crippen LogP contribution in [0.5, 0.6) is 0 Å². The van der Waals surface area contributed by atoms with Crippen LogP contribution < -0.4 is 5.73 Å². The first-order valence-electron chi connectivity index (χ1n) is 6.47. The van der Waals surface area contributed by atoms with Gasteiger partial charge in [-0.05, 0) is 46.2 Å². The molecule has 0 aromatic heterocycles. The van der Waals surface area contributed by atoms with E-state index in [1.54, 1.807) is 6.07 Å². The van der Waals surface area contributed by atoms with Crippen molar-refractivity contribution in [3.8, 4) is 0 Å². The number of nitrogens with two attached hydrogens (primary N) is 1. The first-order valence-corrected chi connectivity index (χ1v) is 7.67. The fourth-order valence-electron chi connectivity index (χ4n) is 2.15. The van der Waals surface area contributed by atoms with Gasteiger partial charge in [0.2, 0.25) is 0 Å². The number of hydrogen-bond donors (Lipinski definition) is 1. The number of thiocarbonyl (C=S) groups is 1. The maximum atomic E-state index is 13.5. The van der Waals surface area contributed by atoms with Crippen LogP contribution in [0.4, 0.5) is 4.39 Å². The molecule has 110 valence electrons. The summed E-state index contributed by atoms with van der Waals surface area (Å²) in [4.78, 5) is 2.51. The molecule has 5 heteroatoms. The Hall–Kier alpha value is -1.30. The van der Waals surface area contributed by atoms with Crippen molar-refractivity contribution in [1.82, 2.24) is 4.90 Å². The molecule has 0 heterocycles. The van der Waals surface area contributed by atoms with Gasteiger partial charge in [0.15, 0.2) is 0 Å². The molecule has 0 amide bonds. The van der Waals surface area contributed by atoms with Crippen LogP contribution in [-0.2, 0) is 13.1 Å². The number of rotatable bonds is 5. The number of halogens is 2. The second kappa shape index (κ2) is 7.11. The van der Waals surface area contributed by atoms with Gasteiger partial charge in [-0.3, -0.25) is 4.90 Å². The van der Waals surface area contributed by atoms with E-state index < -0.39 is 0 Å². The van der Waals surface area contributed by atoms with E-state index in [0.717, 1.165) is 23.2 Å². The van der Waals surface area contributed by atoms with E-state index >= 15 is 0 Å². The minimum absolute atomic E-state index is 0.239. The zero-order chi connectivity index (χ0) is 15.4. The monoisotopic (exact) mass is 366 g/mol. The van der Waals surface area contributed by atoms with Gasteiger partial charge in [0.1, 0.15) is 10.8 Å². The standard InChI is InChI=1S/C16H16BrFN2S/c1-20(10-13-6-3-7-14(18)15(13)17)9-11-4-2-5-12(8-11)16(19)21/h2-8H,9-10H2,1H3,(H2,19,21). The van der Waals surface area contributed by atoms with Crippen LogP contribution >= 0.6 is 28.1 Å². The highest BCUT2D eigenvalue weighted by Gasteiger charge is 2.08. The van der Waals surface area contributed by atoms with Crippen molar-refractivity contribution in [2.45, 2.75) is 13.1 Å². The molecular weight excluding hydrogens is 351 g/mol. The van der Waals surface area contributed by atoms with E-state index in [2.05, 4.69) is 20.8 Å². The average Bonchev–Trinajstić information content (AvgIpc) is 2.44. The summed E-state index contributed by atoms with van der Waals surface area (Å²) < 4.78 is 14.0. The molecule has 2 aromatic rings. The smallest absolute Gasteiger partial charge is 0.137 e. The van der Waals surface area contributed by atoms with Crippen LogP contribution in [0.1, 0.15) is 16.7 Å². The van der Waals surface area contributed by atoms with Crippen molar-refractivity contribution >= 4 is 33.1 Å². The molecule has 0 saturated heterocycles. The van der Waals surface area contributed by atoms with Crippen molar-refractivity contribution in [2.24, 2.45) is 5.73 Å². The summed E-state index contributed by atoms with van der Waals surface area (Å²) in [6, 6.07) is 12.9. The third-order valence-corrected chi connectivity index (χ3v) is 4.26. The van der Waals surface area contributed by atoms with Gasteiger partial charge in [0, 0.05) is 18.7 Å². The summed E-state index contributed by atoms with van der Waals surface area (Å²) in [5, 5.41) is 0. The van der Waals surface area contributed by atoms with Crippen molar-refractivity contribution in [3.05, 3.63) is 69.4 Å². The molecular formula is C16H16BrFN2S. The fourth-order valence-corrected chi connectivity index (χ4v) is 2.67. The molecule has 0 unspecified atom stereocenters. The quantitative estimate of drug-likeness (QED) is 0.814. The van der Waals surface area contributed by atoms with Gasteiger partial charge in [-0.15, -0.1) is 0 Å². The van der Waals surface area contributed by atoms with E-state index in [-0.39, 0.29) is 5.82 Å². The second-order valence-corrected chi connectivity index (χ2v) is 6.18. The van der Waals surface area contributed by atoms with Gasteiger partial charge in [-0.2, -0.15) is 0 Å². The Morgan fingerprint density at radius 3 is 2.67 bits per heavy atom. The molecule has 0 aliphatic heterocycles. The Balaban J connectivity index is 2.08. The second-order valence-electron chi connectivity index (χ2n) is 4.95. The molecule has 0 aliphatic rings. The predicted molar refractivity (Wildman–Crippen MR) is 91.6 cm³/mol. The molecule has 2 N–H and O–H groups in total. The molecule has 0 radical (unpaired) electrons. The van der Waals surface area contributed by atoms with Crippen LogP contribution in [0.15, 0.2) is 46.9 Å². The highest BCUT2D eigenvalue weighted by molar-refractivity contribution is 9.10. The molecule has 0 atom stereocenters. The average molecular weight is 367 g/mol. The maximum absolute atomic E-state index is 13.5. The van der Waals surface area contributed by atoms with E-state index in [0.29, 0.717) is 16.0 Å². The predicted octanol–water partition coefficient (Wildman–Crippen LogP) is 3.85. The van der Waals surface area contributed by atoms with Gasteiger partial charge in [-0.1, -0.05) is 42.5 Å². The minimum atomic E-state index is -0.239. The van der Waals surface area contributed by atoms with Crippen LogP contribution in [0.3, 0.4) is 0 Å². The Labute approximate surface area is 137 Å². The van der Waals surface area contributed by atoms with Crippen LogP contribution in [0.25, 0.3) is 0 Å². The molecule has 0 saturated carbocycles. The molecule has 2 nitrogen and oxygen atoms in total. The molecule has 0 aliphatic carbocycles. The largest absolute Gasteiger partial charge is 0.389 e. The van der Waals surface area contributed by atoms with Gasteiger partial charge in [0.25, 0.3) is 0 Å². The Morgan fingerprint density at radius 1 is 1.24 bits per heavy atom. The minimum Gasteiger partial charge on any atom is -0.389 e. The van der Waals surface area contributed by atoms with Crippen molar-refractivity contribution in [3.63, 3.8) is 0 Å². The highest BCUT2D eigenvalue weighted by atomic mass is 79.9. The van der Waals surface area contributed by atoms with E-state index in [9.17, 15) is 4.39 Å². The Morgan fingerprint density at radius 2 is 1.95 bits per heavy atom. The number of hydrogen-bond acceptors (Lipinski definition) is 2. The molecule has 2 rings (SSSR count). The molecule has 0 bridgehead atoms. The molecule has 0 spiro atoms. The topological polar surface area (TPSA) is 29.3 Å². The van der Waals surface area contributed by atoms with Gasteiger partial charge in [0.05, 0.1) is 4.47 Å². The summed E-state index contributed by atoms with van der Waals surface area (Å²) >= 11 is 8.28. The lowest BCUT2D eigenvalue weighted by atomic mass is 10.1. The summed E-state index contributed by atoms with van der Waals surface area (Å²) in [6.45, 7) is 1.38. The lowest BCUT2D eigenvalue weighted by Crippen LogP contribution is -2.18. The van der Waals surface area contributed by atoms with Crippen LogP contribution in [-0.4, -0.2) is 16.9 Å². The van der Waals surface area contributed by atoms with Crippen molar-refractivity contribution < 1.29 is 4.39 Å². The van der Waals surface area contributed by atoms with Crippen LogP contribution in [0, 0.1) is 5.82 Å². The summed E-state index contributed by atoms with van der Waals surface area (Å²) in [7, 11) is 1.99. The first kappa shape index (κ1) is 16.1. The van der Waals surface area contributed by atoms with E-state index in [1.807, 2.05) is 37.4 Å². The third-order valence-electron chi connectivity index (χ3n) is 3.14. The van der Waals surface area contributed by atoms with E-state index in [4.69, 9.17) is 18.0 Å². The maximum Gasteiger partial charge on any atom is 0.137 e. The van der Waals surface area contributed by atoms with Crippen molar-refractivity contribution in [1.29, 1.82) is 0 Å². The third kappa shape index (κ3) is 4.33. The SMILES string of the molecule is CN(Cc1cccc(C(N)=S)c1)Cc1cccc(F)c1Br. The van der Waals surface area contributed by atoms with Gasteiger partial charge in [-0.25, -0.2) is 4.39 Å². The van der Waals surface area contributed by atoms with Crippen LogP contribution in [0.2, 0.25) is 0 Å². The van der Waals surface area contributed by atoms with E-state index in [1.165, 1.54) is 6.07 Å². The fraction of sp³-hybridized carbons (Fsp3) is 0.188. The zero-order valence-corrected chi connectivity index (χ0v) is 14.0.